The summed E-state index contributed by atoms with van der Waals surface area (Å²) in [5.74, 6) is 0.880. The van der Waals surface area contributed by atoms with E-state index in [9.17, 15) is 0 Å². The molecule has 0 aromatic carbocycles. The molecular formula is C22H33N5OS. The van der Waals surface area contributed by atoms with E-state index in [0.29, 0.717) is 6.04 Å². The average molecular weight is 416 g/mol. The molecule has 2 aromatic rings. The fraction of sp³-hybridized carbons (Fsp3) is 0.545. The molecule has 1 atom stereocenters. The van der Waals surface area contributed by atoms with Gasteiger partial charge < -0.3 is 15.4 Å². The van der Waals surface area contributed by atoms with Crippen LogP contribution < -0.4 is 10.6 Å². The molecule has 2 aromatic heterocycles. The van der Waals surface area contributed by atoms with E-state index in [1.807, 2.05) is 23.7 Å². The summed E-state index contributed by atoms with van der Waals surface area (Å²) in [6.07, 6.45) is 4.73. The number of ether oxygens (including phenoxy) is 1. The number of aryl methyl sites for hydroxylation is 2. The highest BCUT2D eigenvalue weighted by atomic mass is 32.1. The maximum atomic E-state index is 5.56. The minimum Gasteiger partial charge on any atom is -0.379 e. The third kappa shape index (κ3) is 6.52. The van der Waals surface area contributed by atoms with Crippen molar-refractivity contribution >= 4 is 17.3 Å². The average Bonchev–Trinajstić information content (AvgIpc) is 3.16. The minimum atomic E-state index is 0.301. The lowest BCUT2D eigenvalue weighted by Gasteiger charge is -2.33. The summed E-state index contributed by atoms with van der Waals surface area (Å²) in [6.45, 7) is 12.3. The van der Waals surface area contributed by atoms with Crippen LogP contribution in [0, 0.1) is 13.8 Å². The first-order valence-corrected chi connectivity index (χ1v) is 11.3. The minimum absolute atomic E-state index is 0.301. The lowest BCUT2D eigenvalue weighted by molar-refractivity contribution is 0.0186. The number of guanidine groups is 1. The van der Waals surface area contributed by atoms with Gasteiger partial charge in [0.15, 0.2) is 5.96 Å². The van der Waals surface area contributed by atoms with E-state index in [1.54, 1.807) is 0 Å². The van der Waals surface area contributed by atoms with E-state index in [0.717, 1.165) is 58.3 Å². The summed E-state index contributed by atoms with van der Waals surface area (Å²) in [6, 6.07) is 6.85. The molecule has 158 valence electrons. The Labute approximate surface area is 178 Å². The summed E-state index contributed by atoms with van der Waals surface area (Å²) < 4.78 is 5.56. The van der Waals surface area contributed by atoms with E-state index in [2.05, 4.69) is 59.5 Å². The predicted molar refractivity (Wildman–Crippen MR) is 121 cm³/mol. The van der Waals surface area contributed by atoms with Crippen molar-refractivity contribution in [2.24, 2.45) is 4.99 Å². The molecular weight excluding hydrogens is 382 g/mol. The van der Waals surface area contributed by atoms with E-state index < -0.39 is 0 Å². The zero-order chi connectivity index (χ0) is 20.5. The third-order valence-electron chi connectivity index (χ3n) is 5.17. The Hall–Kier alpha value is -1.96. The lowest BCUT2D eigenvalue weighted by Crippen LogP contribution is -2.42. The van der Waals surface area contributed by atoms with Crippen LogP contribution in [0.3, 0.4) is 0 Å². The van der Waals surface area contributed by atoms with Crippen LogP contribution in [0.4, 0.5) is 0 Å². The molecule has 1 fully saturated rings. The monoisotopic (exact) mass is 415 g/mol. The van der Waals surface area contributed by atoms with Crippen molar-refractivity contribution in [1.82, 2.24) is 20.5 Å². The second-order valence-electron chi connectivity index (χ2n) is 7.31. The molecule has 0 bridgehead atoms. The van der Waals surface area contributed by atoms with Gasteiger partial charge in [0.2, 0.25) is 0 Å². The van der Waals surface area contributed by atoms with Gasteiger partial charge in [0, 0.05) is 48.3 Å². The van der Waals surface area contributed by atoms with E-state index in [-0.39, 0.29) is 0 Å². The van der Waals surface area contributed by atoms with Gasteiger partial charge in [-0.3, -0.25) is 14.9 Å². The standard InChI is InChI=1S/C22H33N5OS/c1-4-24-22(25-10-8-19-7-9-23-15-17(19)2)26-16-20(21-6-5-18(3)29-21)27-11-13-28-14-12-27/h5-7,9,15,20H,4,8,10-14,16H2,1-3H3,(H2,24,25,26). The first-order valence-electron chi connectivity index (χ1n) is 10.5. The molecule has 0 radical (unpaired) electrons. The van der Waals surface area contributed by atoms with E-state index in [4.69, 9.17) is 9.73 Å². The van der Waals surface area contributed by atoms with Crippen LogP contribution in [0.1, 0.15) is 33.8 Å². The molecule has 29 heavy (non-hydrogen) atoms. The van der Waals surface area contributed by atoms with E-state index in [1.165, 1.54) is 20.9 Å². The molecule has 3 heterocycles. The fourth-order valence-corrected chi connectivity index (χ4v) is 4.53. The van der Waals surface area contributed by atoms with Gasteiger partial charge in [-0.1, -0.05) is 0 Å². The van der Waals surface area contributed by atoms with Crippen LogP contribution in [0.5, 0.6) is 0 Å². The van der Waals surface area contributed by atoms with Crippen molar-refractivity contribution in [1.29, 1.82) is 0 Å². The number of rotatable bonds is 8. The van der Waals surface area contributed by atoms with Crippen LogP contribution in [0.25, 0.3) is 0 Å². The Kier molecular flexibility index (Phi) is 8.46. The Bertz CT molecular complexity index is 785. The number of morpholine rings is 1. The number of hydrogen-bond donors (Lipinski definition) is 2. The SMILES string of the molecule is CCNC(=NCC(c1ccc(C)s1)N1CCOCC1)NCCc1ccncc1C. The number of thiophene rings is 1. The summed E-state index contributed by atoms with van der Waals surface area (Å²) >= 11 is 1.87. The summed E-state index contributed by atoms with van der Waals surface area (Å²) in [7, 11) is 0. The lowest BCUT2D eigenvalue weighted by atomic mass is 10.1. The van der Waals surface area contributed by atoms with Crippen molar-refractivity contribution < 1.29 is 4.74 Å². The van der Waals surface area contributed by atoms with Gasteiger partial charge in [-0.05, 0) is 56.5 Å². The van der Waals surface area contributed by atoms with Crippen LogP contribution in [0.15, 0.2) is 35.6 Å². The molecule has 2 N–H and O–H groups in total. The van der Waals surface area contributed by atoms with Crippen LogP contribution in [-0.4, -0.2) is 61.8 Å². The maximum Gasteiger partial charge on any atom is 0.191 e. The molecule has 1 saturated heterocycles. The highest BCUT2D eigenvalue weighted by molar-refractivity contribution is 7.12. The highest BCUT2D eigenvalue weighted by Crippen LogP contribution is 2.28. The smallest absolute Gasteiger partial charge is 0.191 e. The molecule has 3 rings (SSSR count). The number of aromatic nitrogens is 1. The third-order valence-corrected chi connectivity index (χ3v) is 6.27. The Morgan fingerprint density at radius 2 is 2.07 bits per heavy atom. The van der Waals surface area contributed by atoms with Gasteiger partial charge in [-0.25, -0.2) is 0 Å². The van der Waals surface area contributed by atoms with Gasteiger partial charge >= 0.3 is 0 Å². The second kappa shape index (κ2) is 11.3. The first kappa shape index (κ1) is 21.7. The predicted octanol–water partition coefficient (Wildman–Crippen LogP) is 2.93. The van der Waals surface area contributed by atoms with Gasteiger partial charge in [0.25, 0.3) is 0 Å². The van der Waals surface area contributed by atoms with Crippen LogP contribution in [-0.2, 0) is 11.2 Å². The molecule has 0 saturated carbocycles. The molecule has 0 amide bonds. The molecule has 1 aliphatic rings. The van der Waals surface area contributed by atoms with Crippen molar-refractivity contribution in [3.05, 3.63) is 51.5 Å². The van der Waals surface area contributed by atoms with Crippen molar-refractivity contribution in [3.63, 3.8) is 0 Å². The van der Waals surface area contributed by atoms with Crippen molar-refractivity contribution in [2.45, 2.75) is 33.2 Å². The van der Waals surface area contributed by atoms with Crippen molar-refractivity contribution in [2.75, 3.05) is 45.9 Å². The van der Waals surface area contributed by atoms with Gasteiger partial charge in [0.1, 0.15) is 0 Å². The number of aliphatic imine (C=N–C) groups is 1. The van der Waals surface area contributed by atoms with E-state index >= 15 is 0 Å². The number of nitrogens with zero attached hydrogens (tertiary/aromatic N) is 3. The van der Waals surface area contributed by atoms with Gasteiger partial charge in [-0.15, -0.1) is 11.3 Å². The Morgan fingerprint density at radius 1 is 1.24 bits per heavy atom. The second-order valence-corrected chi connectivity index (χ2v) is 8.63. The van der Waals surface area contributed by atoms with Crippen molar-refractivity contribution in [3.8, 4) is 0 Å². The largest absolute Gasteiger partial charge is 0.379 e. The highest BCUT2D eigenvalue weighted by Gasteiger charge is 2.23. The maximum absolute atomic E-state index is 5.56. The molecule has 7 heteroatoms. The molecule has 1 unspecified atom stereocenters. The number of nitrogens with one attached hydrogen (secondary N) is 2. The summed E-state index contributed by atoms with van der Waals surface area (Å²) in [5, 5.41) is 6.88. The topological polar surface area (TPSA) is 61.8 Å². The quantitative estimate of drug-likeness (QED) is 0.513. The molecule has 6 nitrogen and oxygen atoms in total. The zero-order valence-electron chi connectivity index (χ0n) is 17.8. The van der Waals surface area contributed by atoms with Crippen LogP contribution in [0.2, 0.25) is 0 Å². The summed E-state index contributed by atoms with van der Waals surface area (Å²) in [5.41, 5.74) is 2.56. The van der Waals surface area contributed by atoms with Gasteiger partial charge in [0.05, 0.1) is 25.8 Å². The summed E-state index contributed by atoms with van der Waals surface area (Å²) in [4.78, 5) is 14.3. The molecule has 1 aliphatic heterocycles. The first-order chi connectivity index (χ1) is 14.2. The number of hydrogen-bond acceptors (Lipinski definition) is 5. The Balaban J connectivity index is 1.64. The number of pyridine rings is 1. The molecule has 0 aliphatic carbocycles. The Morgan fingerprint density at radius 3 is 2.76 bits per heavy atom. The molecule has 0 spiro atoms. The van der Waals surface area contributed by atoms with Gasteiger partial charge in [-0.2, -0.15) is 0 Å². The zero-order valence-corrected chi connectivity index (χ0v) is 18.6. The fourth-order valence-electron chi connectivity index (χ4n) is 3.52. The van der Waals surface area contributed by atoms with Crippen LogP contribution >= 0.6 is 11.3 Å². The normalized spacial score (nSPS) is 16.6.